The molecule has 1 saturated heterocycles. The summed E-state index contributed by atoms with van der Waals surface area (Å²) in [5, 5.41) is 107. The highest BCUT2D eigenvalue weighted by molar-refractivity contribution is 5.81. The van der Waals surface area contributed by atoms with Crippen molar-refractivity contribution >= 4 is 17.8 Å². The van der Waals surface area contributed by atoms with Crippen molar-refractivity contribution in [2.24, 2.45) is 11.7 Å². The van der Waals surface area contributed by atoms with Crippen molar-refractivity contribution in [3.8, 4) is 0 Å². The first kappa shape index (κ1) is 43.0. The van der Waals surface area contributed by atoms with Gasteiger partial charge in [-0.1, -0.05) is 20.3 Å². The van der Waals surface area contributed by atoms with Gasteiger partial charge in [-0.05, 0) is 5.92 Å². The zero-order valence-corrected chi connectivity index (χ0v) is 24.2. The summed E-state index contributed by atoms with van der Waals surface area (Å²) in [5.41, 5.74) is 5.84. The second kappa shape index (κ2) is 23.3. The number of aliphatic hydroxyl groups is 10. The molecule has 0 radical (unpaired) electrons. The quantitative estimate of drug-likeness (QED) is 0.0748. The van der Waals surface area contributed by atoms with Gasteiger partial charge in [0.05, 0.1) is 32.5 Å². The lowest BCUT2D eigenvalue weighted by Crippen LogP contribution is -2.48. The summed E-state index contributed by atoms with van der Waals surface area (Å²) in [5.74, 6) is -3.25. The number of nitrogens with two attached hydrogens (primary N) is 1. The third-order valence-corrected chi connectivity index (χ3v) is 6.41. The van der Waals surface area contributed by atoms with E-state index < -0.39 is 74.0 Å². The van der Waals surface area contributed by atoms with Crippen LogP contribution in [-0.4, -0.2) is 192 Å². The Morgan fingerprint density at radius 3 is 1.51 bits per heavy atom. The number of rotatable bonds is 16. The van der Waals surface area contributed by atoms with Gasteiger partial charge in [-0.3, -0.25) is 9.69 Å². The van der Waals surface area contributed by atoms with Gasteiger partial charge in [-0.2, -0.15) is 0 Å². The molecular weight excluding hydrogens is 586 g/mol. The number of hydrogen-bond donors (Lipinski definition) is 14. The second-order valence-electron chi connectivity index (χ2n) is 9.68. The SMILES string of the molecule is CC[C@H](C)[C@H](N)C(=O)NCCN1CCOCC1.O=C(O)[C@H](O)[C@@H](O)[C@H](O)[C@H](O)CO.O=C(O)[C@H](O)[C@@H](O)[C@H](O)[C@H](O)CO. The lowest BCUT2D eigenvalue weighted by atomic mass is 9.99. The molecule has 0 saturated carbocycles. The molecule has 1 aliphatic rings. The first-order valence-corrected chi connectivity index (χ1v) is 13.4. The van der Waals surface area contributed by atoms with Crippen LogP contribution in [0.1, 0.15) is 20.3 Å². The smallest absolute Gasteiger partial charge is 0.335 e. The summed E-state index contributed by atoms with van der Waals surface area (Å²) in [4.78, 5) is 34.2. The van der Waals surface area contributed by atoms with Crippen LogP contribution < -0.4 is 11.1 Å². The Morgan fingerprint density at radius 1 is 0.791 bits per heavy atom. The minimum atomic E-state index is -2.20. The van der Waals surface area contributed by atoms with Crippen molar-refractivity contribution in [2.45, 2.75) is 75.1 Å². The Balaban J connectivity index is 0. The molecule has 1 amide bonds. The van der Waals surface area contributed by atoms with Gasteiger partial charge in [0.1, 0.15) is 36.6 Å². The number of carboxylic acids is 2. The molecule has 19 nitrogen and oxygen atoms in total. The fraction of sp³-hybridized carbons (Fsp3) is 0.875. The molecule has 0 unspecified atom stereocenters. The van der Waals surface area contributed by atoms with Gasteiger partial charge in [0, 0.05) is 26.2 Å². The van der Waals surface area contributed by atoms with E-state index in [9.17, 15) is 14.4 Å². The van der Waals surface area contributed by atoms with E-state index >= 15 is 0 Å². The van der Waals surface area contributed by atoms with E-state index in [1.54, 1.807) is 0 Å². The third kappa shape index (κ3) is 17.1. The van der Waals surface area contributed by atoms with Gasteiger partial charge in [-0.25, -0.2) is 9.59 Å². The van der Waals surface area contributed by atoms with Crippen molar-refractivity contribution < 1.29 is 80.4 Å². The van der Waals surface area contributed by atoms with Gasteiger partial charge < -0.3 is 77.1 Å². The highest BCUT2D eigenvalue weighted by Gasteiger charge is 2.34. The molecule has 19 heteroatoms. The number of morpholine rings is 1. The zero-order valence-electron chi connectivity index (χ0n) is 24.2. The van der Waals surface area contributed by atoms with Crippen molar-refractivity contribution in [1.29, 1.82) is 0 Å². The largest absolute Gasteiger partial charge is 0.479 e. The zero-order chi connectivity index (χ0) is 33.9. The minimum absolute atomic E-state index is 0.0346. The molecule has 1 fully saturated rings. The fourth-order valence-corrected chi connectivity index (χ4v) is 3.13. The van der Waals surface area contributed by atoms with E-state index in [-0.39, 0.29) is 17.9 Å². The van der Waals surface area contributed by atoms with Crippen LogP contribution in [0.25, 0.3) is 0 Å². The van der Waals surface area contributed by atoms with E-state index in [1.165, 1.54) is 0 Å². The maximum Gasteiger partial charge on any atom is 0.335 e. The number of nitrogens with one attached hydrogen (secondary N) is 1. The first-order chi connectivity index (χ1) is 20.0. The predicted octanol–water partition coefficient (Wildman–Crippen LogP) is -7.18. The normalized spacial score (nSPS) is 20.6. The Hall–Kier alpha value is -2.11. The lowest BCUT2D eigenvalue weighted by Gasteiger charge is -2.27. The summed E-state index contributed by atoms with van der Waals surface area (Å²) >= 11 is 0. The van der Waals surface area contributed by atoms with Crippen LogP contribution in [0.2, 0.25) is 0 Å². The van der Waals surface area contributed by atoms with Gasteiger partial charge >= 0.3 is 11.9 Å². The van der Waals surface area contributed by atoms with Crippen LogP contribution in [0.5, 0.6) is 0 Å². The topological polar surface area (TPSA) is 344 Å². The van der Waals surface area contributed by atoms with Gasteiger partial charge in [0.25, 0.3) is 0 Å². The number of carbonyl (C=O) groups excluding carboxylic acids is 1. The van der Waals surface area contributed by atoms with Crippen LogP contribution in [0, 0.1) is 5.92 Å². The summed E-state index contributed by atoms with van der Waals surface area (Å²) in [6, 6.07) is -0.385. The molecule has 1 heterocycles. The van der Waals surface area contributed by atoms with Crippen molar-refractivity contribution in [3.63, 3.8) is 0 Å². The number of aliphatic hydroxyl groups excluding tert-OH is 10. The monoisotopic (exact) mass is 635 g/mol. The molecule has 0 spiro atoms. The average molecular weight is 636 g/mol. The van der Waals surface area contributed by atoms with E-state index in [1.807, 2.05) is 13.8 Å². The number of ether oxygens (including phenoxy) is 1. The maximum atomic E-state index is 11.7. The van der Waals surface area contributed by atoms with Gasteiger partial charge in [0.2, 0.25) is 5.91 Å². The van der Waals surface area contributed by atoms with Crippen LogP contribution in [0.4, 0.5) is 0 Å². The molecule has 0 aromatic rings. The average Bonchev–Trinajstić information content (AvgIpc) is 3.01. The maximum absolute atomic E-state index is 11.7. The molecule has 1 aliphatic heterocycles. The Bertz CT molecular complexity index is 737. The molecule has 1 rings (SSSR count). The Morgan fingerprint density at radius 2 is 1.19 bits per heavy atom. The number of aliphatic carboxylic acids is 2. The van der Waals surface area contributed by atoms with E-state index in [2.05, 4.69) is 10.2 Å². The van der Waals surface area contributed by atoms with Crippen LogP contribution in [0.3, 0.4) is 0 Å². The molecule has 256 valence electrons. The van der Waals surface area contributed by atoms with E-state index in [0.29, 0.717) is 6.54 Å². The van der Waals surface area contributed by atoms with Crippen LogP contribution in [0.15, 0.2) is 0 Å². The second-order valence-corrected chi connectivity index (χ2v) is 9.68. The number of nitrogens with zero attached hydrogens (tertiary/aromatic N) is 1. The summed E-state index contributed by atoms with van der Waals surface area (Å²) < 4.78 is 5.26. The van der Waals surface area contributed by atoms with E-state index in [4.69, 9.17) is 71.7 Å². The molecule has 0 bridgehead atoms. The first-order valence-electron chi connectivity index (χ1n) is 13.4. The fourth-order valence-electron chi connectivity index (χ4n) is 3.13. The molecule has 0 aromatic carbocycles. The number of hydrogen-bond acceptors (Lipinski definition) is 16. The standard InChI is InChI=1S/C12H25N3O2.2C6H12O7/c1-3-10(2)11(13)12(16)14-4-5-15-6-8-17-9-7-15;2*7-1-2(8)3(9)4(10)5(11)6(12)13/h10-11H,3-9,13H2,1-2H3,(H,14,16);2*2-5,7-11H,1H2,(H,12,13)/t10-,11-;2*2-,3-,4+,5-/m011/s1. The summed E-state index contributed by atoms with van der Waals surface area (Å²) in [7, 11) is 0. The molecule has 0 aromatic heterocycles. The lowest BCUT2D eigenvalue weighted by molar-refractivity contribution is -0.164. The molecule has 0 aliphatic carbocycles. The van der Waals surface area contributed by atoms with Crippen molar-refractivity contribution in [2.75, 3.05) is 52.6 Å². The van der Waals surface area contributed by atoms with Crippen molar-refractivity contribution in [1.82, 2.24) is 10.2 Å². The molecule has 43 heavy (non-hydrogen) atoms. The minimum Gasteiger partial charge on any atom is -0.479 e. The third-order valence-electron chi connectivity index (χ3n) is 6.41. The van der Waals surface area contributed by atoms with Gasteiger partial charge in [-0.15, -0.1) is 0 Å². The Labute approximate surface area is 248 Å². The summed E-state index contributed by atoms with van der Waals surface area (Å²) in [6.45, 7) is 7.40. The van der Waals surface area contributed by atoms with Crippen LogP contribution >= 0.6 is 0 Å². The number of carboxylic acid groups (broad SMARTS) is 2. The molecule has 10 atom stereocenters. The molecule has 15 N–H and O–H groups in total. The number of amides is 1. The highest BCUT2D eigenvalue weighted by atomic mass is 16.5. The Kier molecular flexibility index (Phi) is 23.3. The number of carbonyl (C=O) groups is 3. The summed E-state index contributed by atoms with van der Waals surface area (Å²) in [6.07, 6.45) is -14.7. The van der Waals surface area contributed by atoms with Crippen molar-refractivity contribution in [3.05, 3.63) is 0 Å². The van der Waals surface area contributed by atoms with Gasteiger partial charge in [0.15, 0.2) is 12.2 Å². The predicted molar refractivity (Wildman–Crippen MR) is 145 cm³/mol. The highest BCUT2D eigenvalue weighted by Crippen LogP contribution is 2.06. The van der Waals surface area contributed by atoms with Crippen LogP contribution in [-0.2, 0) is 19.1 Å². The molecular formula is C24H49N3O16. The van der Waals surface area contributed by atoms with E-state index in [0.717, 1.165) is 39.3 Å².